The van der Waals surface area contributed by atoms with Gasteiger partial charge in [-0.25, -0.2) is 14.7 Å². The molecule has 0 aliphatic carbocycles. The number of anilines is 1. The average Bonchev–Trinajstić information content (AvgIpc) is 2.82. The Labute approximate surface area is 136 Å². The number of carboxylic acid groups (broad SMARTS) is 1. The van der Waals surface area contributed by atoms with Gasteiger partial charge >= 0.3 is 5.97 Å². The molecule has 1 saturated heterocycles. The molecule has 1 unspecified atom stereocenters. The van der Waals surface area contributed by atoms with E-state index in [1.807, 2.05) is 6.07 Å². The summed E-state index contributed by atoms with van der Waals surface area (Å²) in [6.07, 6.45) is 1.33. The molecule has 6 nitrogen and oxygen atoms in total. The zero-order valence-corrected chi connectivity index (χ0v) is 12.7. The Hall–Kier alpha value is -2.67. The molecule has 0 bridgehead atoms. The Bertz CT molecular complexity index is 761. The van der Waals surface area contributed by atoms with E-state index < -0.39 is 11.2 Å². The molecule has 1 aliphatic rings. The number of amides is 2. The Morgan fingerprint density at radius 1 is 1.17 bits per heavy atom. The standard InChI is InChI=1S/C16H12N2O4S/c19-14-8-12(15(20)18(14)11-4-2-1-3-5-11)23-13-7-6-10(9-17-13)16(21)22/h1-7,9,12H,8H2,(H,21,22). The van der Waals surface area contributed by atoms with Crippen LogP contribution in [0, 0.1) is 0 Å². The summed E-state index contributed by atoms with van der Waals surface area (Å²) >= 11 is 1.17. The lowest BCUT2D eigenvalue weighted by molar-refractivity contribution is -0.121. The van der Waals surface area contributed by atoms with E-state index in [1.54, 1.807) is 24.3 Å². The third-order valence-corrected chi connectivity index (χ3v) is 4.50. The first-order valence-corrected chi connectivity index (χ1v) is 7.72. The lowest BCUT2D eigenvalue weighted by atomic mass is 10.3. The number of aromatic nitrogens is 1. The molecule has 7 heteroatoms. The van der Waals surface area contributed by atoms with Crippen molar-refractivity contribution in [1.82, 2.24) is 4.98 Å². The molecule has 2 amide bonds. The van der Waals surface area contributed by atoms with Crippen LogP contribution in [0.5, 0.6) is 0 Å². The summed E-state index contributed by atoms with van der Waals surface area (Å²) in [7, 11) is 0. The zero-order chi connectivity index (χ0) is 16.4. The number of benzene rings is 1. The van der Waals surface area contributed by atoms with Gasteiger partial charge in [-0.05, 0) is 24.3 Å². The van der Waals surface area contributed by atoms with E-state index >= 15 is 0 Å². The third-order valence-electron chi connectivity index (χ3n) is 3.37. The second kappa shape index (κ2) is 6.21. The predicted molar refractivity (Wildman–Crippen MR) is 84.4 cm³/mol. The number of pyridine rings is 1. The second-order valence-electron chi connectivity index (χ2n) is 4.90. The van der Waals surface area contributed by atoms with Gasteiger partial charge in [0.2, 0.25) is 11.8 Å². The summed E-state index contributed by atoms with van der Waals surface area (Å²) in [4.78, 5) is 40.6. The number of para-hydroxylation sites is 1. The van der Waals surface area contributed by atoms with Gasteiger partial charge in [-0.3, -0.25) is 9.59 Å². The zero-order valence-electron chi connectivity index (χ0n) is 11.9. The Kier molecular flexibility index (Phi) is 4.12. The first kappa shape index (κ1) is 15.2. The van der Waals surface area contributed by atoms with E-state index in [0.717, 1.165) is 0 Å². The molecule has 1 aliphatic heterocycles. The quantitative estimate of drug-likeness (QED) is 0.866. The molecule has 3 rings (SSSR count). The van der Waals surface area contributed by atoms with Gasteiger partial charge in [0.1, 0.15) is 0 Å². The van der Waals surface area contributed by atoms with Crippen molar-refractivity contribution in [3.05, 3.63) is 54.2 Å². The summed E-state index contributed by atoms with van der Waals surface area (Å²) in [6.45, 7) is 0. The van der Waals surface area contributed by atoms with Crippen molar-refractivity contribution in [2.75, 3.05) is 4.90 Å². The molecule has 0 radical (unpaired) electrons. The van der Waals surface area contributed by atoms with Crippen molar-refractivity contribution >= 4 is 35.2 Å². The maximum absolute atomic E-state index is 12.5. The van der Waals surface area contributed by atoms with Gasteiger partial charge in [-0.15, -0.1) is 0 Å². The Morgan fingerprint density at radius 2 is 1.91 bits per heavy atom. The monoisotopic (exact) mass is 328 g/mol. The minimum atomic E-state index is -1.06. The van der Waals surface area contributed by atoms with Crippen LogP contribution in [0.1, 0.15) is 16.8 Å². The van der Waals surface area contributed by atoms with Gasteiger partial charge in [-0.2, -0.15) is 0 Å². The maximum Gasteiger partial charge on any atom is 0.337 e. The minimum Gasteiger partial charge on any atom is -0.478 e. The van der Waals surface area contributed by atoms with Crippen LogP contribution < -0.4 is 4.90 Å². The first-order chi connectivity index (χ1) is 11.1. The molecule has 1 aromatic heterocycles. The molecule has 1 atom stereocenters. The van der Waals surface area contributed by atoms with Crippen LogP contribution >= 0.6 is 11.8 Å². The van der Waals surface area contributed by atoms with Gasteiger partial charge < -0.3 is 5.11 Å². The van der Waals surface area contributed by atoms with Crippen LogP contribution in [0.25, 0.3) is 0 Å². The number of rotatable bonds is 4. The average molecular weight is 328 g/mol. The lowest BCUT2D eigenvalue weighted by Crippen LogP contribution is -2.31. The van der Waals surface area contributed by atoms with Gasteiger partial charge in [0.25, 0.3) is 0 Å². The maximum atomic E-state index is 12.5. The Morgan fingerprint density at radius 3 is 2.52 bits per heavy atom. The van der Waals surface area contributed by atoms with Crippen LogP contribution in [-0.2, 0) is 9.59 Å². The number of carboxylic acids is 1. The van der Waals surface area contributed by atoms with E-state index in [0.29, 0.717) is 10.7 Å². The van der Waals surface area contributed by atoms with E-state index in [9.17, 15) is 14.4 Å². The number of hydrogen-bond acceptors (Lipinski definition) is 5. The largest absolute Gasteiger partial charge is 0.478 e. The minimum absolute atomic E-state index is 0.0779. The van der Waals surface area contributed by atoms with Crippen molar-refractivity contribution in [2.45, 2.75) is 16.7 Å². The van der Waals surface area contributed by atoms with E-state index in [4.69, 9.17) is 5.11 Å². The number of hydrogen-bond donors (Lipinski definition) is 1. The van der Waals surface area contributed by atoms with Gasteiger partial charge in [0.15, 0.2) is 0 Å². The number of carbonyl (C=O) groups excluding carboxylic acids is 2. The molecule has 23 heavy (non-hydrogen) atoms. The summed E-state index contributed by atoms with van der Waals surface area (Å²) in [5.74, 6) is -1.59. The van der Waals surface area contributed by atoms with Gasteiger partial charge in [0.05, 0.1) is 21.5 Å². The molecule has 2 heterocycles. The van der Waals surface area contributed by atoms with E-state index in [-0.39, 0.29) is 23.8 Å². The number of carbonyl (C=O) groups is 3. The van der Waals surface area contributed by atoms with Crippen LogP contribution in [-0.4, -0.2) is 33.1 Å². The number of nitrogens with zero attached hydrogens (tertiary/aromatic N) is 2. The number of thioether (sulfide) groups is 1. The molecule has 2 aromatic rings. The van der Waals surface area contributed by atoms with E-state index in [1.165, 1.54) is 35.0 Å². The first-order valence-electron chi connectivity index (χ1n) is 6.84. The molecule has 1 fully saturated rings. The van der Waals surface area contributed by atoms with Crippen molar-refractivity contribution < 1.29 is 19.5 Å². The van der Waals surface area contributed by atoms with Crippen LogP contribution in [0.3, 0.4) is 0 Å². The fraction of sp³-hybridized carbons (Fsp3) is 0.125. The number of aromatic carboxylic acids is 1. The summed E-state index contributed by atoms with van der Waals surface area (Å²) in [5.41, 5.74) is 0.633. The molecule has 1 N–H and O–H groups in total. The molecular weight excluding hydrogens is 316 g/mol. The summed E-state index contributed by atoms with van der Waals surface area (Å²) in [5, 5.41) is 8.81. The van der Waals surface area contributed by atoms with Crippen molar-refractivity contribution in [2.24, 2.45) is 0 Å². The lowest BCUT2D eigenvalue weighted by Gasteiger charge is -2.14. The molecular formula is C16H12N2O4S. The van der Waals surface area contributed by atoms with Gasteiger partial charge in [-0.1, -0.05) is 30.0 Å². The van der Waals surface area contributed by atoms with Gasteiger partial charge in [0, 0.05) is 12.6 Å². The molecule has 116 valence electrons. The highest BCUT2D eigenvalue weighted by molar-refractivity contribution is 8.00. The van der Waals surface area contributed by atoms with E-state index in [2.05, 4.69) is 4.98 Å². The fourth-order valence-corrected chi connectivity index (χ4v) is 3.25. The Balaban J connectivity index is 1.76. The van der Waals surface area contributed by atoms with Crippen molar-refractivity contribution in [3.8, 4) is 0 Å². The topological polar surface area (TPSA) is 87.6 Å². The smallest absolute Gasteiger partial charge is 0.337 e. The van der Waals surface area contributed by atoms with Crippen LogP contribution in [0.15, 0.2) is 53.7 Å². The third kappa shape index (κ3) is 3.09. The highest BCUT2D eigenvalue weighted by Gasteiger charge is 2.40. The SMILES string of the molecule is O=C(O)c1ccc(SC2CC(=O)N(c3ccccc3)C2=O)nc1. The van der Waals surface area contributed by atoms with Crippen LogP contribution in [0.2, 0.25) is 0 Å². The highest BCUT2D eigenvalue weighted by Crippen LogP contribution is 2.32. The van der Waals surface area contributed by atoms with Crippen molar-refractivity contribution in [1.29, 1.82) is 0 Å². The van der Waals surface area contributed by atoms with Crippen LogP contribution in [0.4, 0.5) is 5.69 Å². The molecule has 0 saturated carbocycles. The normalized spacial score (nSPS) is 17.6. The number of imide groups is 1. The molecule has 1 aromatic carbocycles. The molecule has 0 spiro atoms. The fourth-order valence-electron chi connectivity index (χ4n) is 2.27. The highest BCUT2D eigenvalue weighted by atomic mass is 32.2. The second-order valence-corrected chi connectivity index (χ2v) is 6.13. The predicted octanol–water partition coefficient (Wildman–Crippen LogP) is 2.20. The summed E-state index contributed by atoms with van der Waals surface area (Å²) < 4.78 is 0. The summed E-state index contributed by atoms with van der Waals surface area (Å²) in [6, 6.07) is 11.7. The van der Waals surface area contributed by atoms with Crippen molar-refractivity contribution in [3.63, 3.8) is 0 Å².